The minimum Gasteiger partial charge on any atom is -0.393 e. The average molecular weight is 261 g/mol. The summed E-state index contributed by atoms with van der Waals surface area (Å²) in [6.07, 6.45) is 5.51. The topological polar surface area (TPSA) is 81.2 Å². The number of hydrogen-bond donors (Lipinski definition) is 2. The maximum Gasteiger partial charge on any atom is 0.292 e. The van der Waals surface area contributed by atoms with Crippen molar-refractivity contribution >= 4 is 17.1 Å². The zero-order valence-corrected chi connectivity index (χ0v) is 10.8. The number of benzene rings is 1. The molecule has 2 aliphatic carbocycles. The van der Waals surface area contributed by atoms with E-state index in [2.05, 4.69) is 5.32 Å². The van der Waals surface area contributed by atoms with Gasteiger partial charge < -0.3 is 11.1 Å². The SMILES string of the molecule is Nc1cc(NCC2CC3CCC2C3)ccc1[N+](=O)[O-]. The summed E-state index contributed by atoms with van der Waals surface area (Å²) in [6, 6.07) is 4.87. The van der Waals surface area contributed by atoms with E-state index in [1.54, 1.807) is 12.1 Å². The van der Waals surface area contributed by atoms with Gasteiger partial charge in [-0.1, -0.05) is 6.42 Å². The second-order valence-electron chi connectivity index (χ2n) is 5.85. The zero-order valence-electron chi connectivity index (χ0n) is 10.8. The van der Waals surface area contributed by atoms with Gasteiger partial charge in [0.1, 0.15) is 5.69 Å². The lowest BCUT2D eigenvalue weighted by atomic mass is 9.89. The normalized spacial score (nSPS) is 28.5. The van der Waals surface area contributed by atoms with Gasteiger partial charge >= 0.3 is 0 Å². The molecule has 0 heterocycles. The molecule has 0 saturated heterocycles. The van der Waals surface area contributed by atoms with Gasteiger partial charge in [0.05, 0.1) is 4.92 Å². The van der Waals surface area contributed by atoms with Crippen molar-refractivity contribution in [3.05, 3.63) is 28.3 Å². The molecule has 0 amide bonds. The van der Waals surface area contributed by atoms with Crippen LogP contribution in [0.5, 0.6) is 0 Å². The van der Waals surface area contributed by atoms with E-state index in [4.69, 9.17) is 5.73 Å². The zero-order chi connectivity index (χ0) is 13.4. The first-order valence-corrected chi connectivity index (χ1v) is 6.91. The van der Waals surface area contributed by atoms with Gasteiger partial charge in [0.15, 0.2) is 0 Å². The summed E-state index contributed by atoms with van der Waals surface area (Å²) in [7, 11) is 0. The van der Waals surface area contributed by atoms with Gasteiger partial charge in [-0.3, -0.25) is 10.1 Å². The summed E-state index contributed by atoms with van der Waals surface area (Å²) in [4.78, 5) is 10.2. The number of nitrogens with two attached hydrogens (primary N) is 1. The third-order valence-corrected chi connectivity index (χ3v) is 4.68. The molecule has 2 fully saturated rings. The van der Waals surface area contributed by atoms with Crippen LogP contribution in [0, 0.1) is 27.9 Å². The second kappa shape index (κ2) is 4.72. The first kappa shape index (κ1) is 12.3. The first-order chi connectivity index (χ1) is 9.13. The smallest absolute Gasteiger partial charge is 0.292 e. The minimum absolute atomic E-state index is 0.0227. The van der Waals surface area contributed by atoms with Crippen LogP contribution in [0.15, 0.2) is 18.2 Å². The van der Waals surface area contributed by atoms with E-state index in [1.807, 2.05) is 0 Å². The van der Waals surface area contributed by atoms with Crippen molar-refractivity contribution in [2.45, 2.75) is 25.7 Å². The molecule has 0 aliphatic heterocycles. The fourth-order valence-corrected chi connectivity index (χ4v) is 3.71. The lowest BCUT2D eigenvalue weighted by Crippen LogP contribution is -2.20. The summed E-state index contributed by atoms with van der Waals surface area (Å²) >= 11 is 0. The van der Waals surface area contributed by atoms with E-state index < -0.39 is 4.92 Å². The number of nitrogens with one attached hydrogen (secondary N) is 1. The van der Waals surface area contributed by atoms with E-state index in [9.17, 15) is 10.1 Å². The Hall–Kier alpha value is -1.78. The molecule has 0 spiro atoms. The number of hydrogen-bond acceptors (Lipinski definition) is 4. The summed E-state index contributed by atoms with van der Waals surface area (Å²) in [5, 5.41) is 14.1. The van der Waals surface area contributed by atoms with Gasteiger partial charge in [-0.05, 0) is 49.1 Å². The Balaban J connectivity index is 1.61. The van der Waals surface area contributed by atoms with Crippen LogP contribution in [0.3, 0.4) is 0 Å². The quantitative estimate of drug-likeness (QED) is 0.496. The molecule has 2 bridgehead atoms. The Bertz CT molecular complexity index is 503. The highest BCUT2D eigenvalue weighted by Gasteiger charge is 2.38. The van der Waals surface area contributed by atoms with E-state index in [-0.39, 0.29) is 11.4 Å². The van der Waals surface area contributed by atoms with Gasteiger partial charge in [-0.2, -0.15) is 0 Å². The maximum absolute atomic E-state index is 10.7. The van der Waals surface area contributed by atoms with Gasteiger partial charge in [0, 0.05) is 18.3 Å². The van der Waals surface area contributed by atoms with Crippen molar-refractivity contribution < 1.29 is 4.92 Å². The van der Waals surface area contributed by atoms with Crippen LogP contribution in [0.25, 0.3) is 0 Å². The first-order valence-electron chi connectivity index (χ1n) is 6.91. The summed E-state index contributed by atoms with van der Waals surface area (Å²) in [5.41, 5.74) is 6.77. The molecule has 1 aromatic rings. The van der Waals surface area contributed by atoms with E-state index >= 15 is 0 Å². The molecule has 0 aromatic heterocycles. The van der Waals surface area contributed by atoms with Gasteiger partial charge in [0.2, 0.25) is 0 Å². The number of nitrogens with zero attached hydrogens (tertiary/aromatic N) is 1. The Morgan fingerprint density at radius 3 is 2.79 bits per heavy atom. The van der Waals surface area contributed by atoms with Crippen LogP contribution in [-0.4, -0.2) is 11.5 Å². The highest BCUT2D eigenvalue weighted by molar-refractivity contribution is 5.65. The molecule has 3 N–H and O–H groups in total. The third-order valence-electron chi connectivity index (χ3n) is 4.68. The number of rotatable bonds is 4. The standard InChI is InChI=1S/C14H19N3O2/c15-13-7-12(3-4-14(13)17(18)19)16-8-11-6-9-1-2-10(11)5-9/h3-4,7,9-11,16H,1-2,5-6,8,15H2. The van der Waals surface area contributed by atoms with E-state index in [0.29, 0.717) is 0 Å². The predicted molar refractivity (Wildman–Crippen MR) is 74.9 cm³/mol. The van der Waals surface area contributed by atoms with Gasteiger partial charge in [-0.25, -0.2) is 0 Å². The number of nitro benzene ring substituents is 1. The highest BCUT2D eigenvalue weighted by Crippen LogP contribution is 2.48. The van der Waals surface area contributed by atoms with Crippen LogP contribution >= 0.6 is 0 Å². The van der Waals surface area contributed by atoms with Crippen LogP contribution in [0.2, 0.25) is 0 Å². The lowest BCUT2D eigenvalue weighted by Gasteiger charge is -2.22. The third kappa shape index (κ3) is 2.37. The molecule has 2 aliphatic rings. The lowest BCUT2D eigenvalue weighted by molar-refractivity contribution is -0.383. The molecule has 1 aromatic carbocycles. The number of fused-ring (bicyclic) bond motifs is 2. The fraction of sp³-hybridized carbons (Fsp3) is 0.571. The molecule has 5 nitrogen and oxygen atoms in total. The van der Waals surface area contributed by atoms with Crippen molar-refractivity contribution in [3.8, 4) is 0 Å². The van der Waals surface area contributed by atoms with Crippen molar-refractivity contribution in [1.82, 2.24) is 0 Å². The molecule has 19 heavy (non-hydrogen) atoms. The predicted octanol–water partition coefficient (Wildman–Crippen LogP) is 3.03. The van der Waals surface area contributed by atoms with E-state index in [1.165, 1.54) is 31.7 Å². The molecule has 3 unspecified atom stereocenters. The number of nitrogen functional groups attached to an aromatic ring is 1. The minimum atomic E-state index is -0.449. The molecular weight excluding hydrogens is 242 g/mol. The summed E-state index contributed by atoms with van der Waals surface area (Å²) in [6.45, 7) is 0.957. The van der Waals surface area contributed by atoms with Crippen LogP contribution in [0.1, 0.15) is 25.7 Å². The van der Waals surface area contributed by atoms with Gasteiger partial charge in [0.25, 0.3) is 5.69 Å². The van der Waals surface area contributed by atoms with Crippen LogP contribution in [0.4, 0.5) is 17.1 Å². The van der Waals surface area contributed by atoms with Crippen molar-refractivity contribution in [2.75, 3.05) is 17.6 Å². The monoisotopic (exact) mass is 261 g/mol. The maximum atomic E-state index is 10.7. The number of nitro groups is 1. The van der Waals surface area contributed by atoms with Crippen LogP contribution in [-0.2, 0) is 0 Å². The molecule has 0 radical (unpaired) electrons. The van der Waals surface area contributed by atoms with Gasteiger partial charge in [-0.15, -0.1) is 0 Å². The molecule has 5 heteroatoms. The van der Waals surface area contributed by atoms with Crippen molar-refractivity contribution in [3.63, 3.8) is 0 Å². The molecule has 3 rings (SSSR count). The highest BCUT2D eigenvalue weighted by atomic mass is 16.6. The molecular formula is C14H19N3O2. The summed E-state index contributed by atoms with van der Waals surface area (Å²) < 4.78 is 0. The van der Waals surface area contributed by atoms with Crippen molar-refractivity contribution in [2.24, 2.45) is 17.8 Å². The van der Waals surface area contributed by atoms with Crippen LogP contribution < -0.4 is 11.1 Å². The number of anilines is 2. The Labute approximate surface area is 112 Å². The van der Waals surface area contributed by atoms with E-state index in [0.717, 1.165) is 30.0 Å². The Kier molecular flexibility index (Phi) is 3.05. The van der Waals surface area contributed by atoms with Crippen molar-refractivity contribution in [1.29, 1.82) is 0 Å². The molecule has 3 atom stereocenters. The largest absolute Gasteiger partial charge is 0.393 e. The molecule has 102 valence electrons. The Morgan fingerprint density at radius 2 is 2.21 bits per heavy atom. The Morgan fingerprint density at radius 1 is 1.37 bits per heavy atom. The average Bonchev–Trinajstić information content (AvgIpc) is 2.98. The second-order valence-corrected chi connectivity index (χ2v) is 5.85. The summed E-state index contributed by atoms with van der Waals surface area (Å²) in [5.74, 6) is 2.58. The fourth-order valence-electron chi connectivity index (χ4n) is 3.71. The molecule has 2 saturated carbocycles.